The zero-order valence-corrected chi connectivity index (χ0v) is 16.9. The van der Waals surface area contributed by atoms with Crippen molar-refractivity contribution in [2.45, 2.75) is 36.9 Å². The minimum atomic E-state index is -1.88. The van der Waals surface area contributed by atoms with Crippen molar-refractivity contribution in [2.75, 3.05) is 5.32 Å². The highest BCUT2D eigenvalue weighted by Crippen LogP contribution is 2.43. The van der Waals surface area contributed by atoms with Gasteiger partial charge >= 0.3 is 0 Å². The summed E-state index contributed by atoms with van der Waals surface area (Å²) >= 11 is 1.02. The zero-order chi connectivity index (χ0) is 21.7. The summed E-state index contributed by atoms with van der Waals surface area (Å²) in [6.07, 6.45) is -2.05. The number of nitrogens with zero attached hydrogens (tertiary/aromatic N) is 2. The number of carbonyl (C=O) groups is 1. The smallest absolute Gasteiger partial charge is 0.275 e. The van der Waals surface area contributed by atoms with Gasteiger partial charge < -0.3 is 20.9 Å². The molecule has 1 fully saturated rings. The number of hydrogen-bond acceptors (Lipinski definition) is 7. The fourth-order valence-electron chi connectivity index (χ4n) is 4.04. The van der Waals surface area contributed by atoms with Crippen molar-refractivity contribution in [3.05, 3.63) is 64.7 Å². The third-order valence-electron chi connectivity index (χ3n) is 5.61. The molecule has 0 aliphatic carbocycles. The first-order chi connectivity index (χ1) is 14.9. The van der Waals surface area contributed by atoms with Gasteiger partial charge in [0.1, 0.15) is 22.6 Å². The van der Waals surface area contributed by atoms with E-state index in [9.17, 15) is 14.3 Å². The second-order valence-electron chi connectivity index (χ2n) is 7.54. The number of aliphatic hydroxyl groups excluding tert-OH is 1. The quantitative estimate of drug-likeness (QED) is 0.491. The number of benzene rings is 1. The van der Waals surface area contributed by atoms with Crippen LogP contribution in [0.2, 0.25) is 0 Å². The number of amides is 1. The van der Waals surface area contributed by atoms with Gasteiger partial charge in [-0.05, 0) is 18.6 Å². The van der Waals surface area contributed by atoms with E-state index >= 15 is 4.39 Å². The molecule has 1 saturated heterocycles. The summed E-state index contributed by atoms with van der Waals surface area (Å²) in [4.78, 5) is 21.1. The molecule has 160 valence electrons. The maximum Gasteiger partial charge on any atom is 0.275 e. The molecule has 1 amide bonds. The van der Waals surface area contributed by atoms with Crippen molar-refractivity contribution >= 4 is 22.9 Å². The molecule has 4 bridgehead atoms. The van der Waals surface area contributed by atoms with Gasteiger partial charge in [-0.25, -0.2) is 13.8 Å². The van der Waals surface area contributed by atoms with Gasteiger partial charge in [-0.2, -0.15) is 0 Å². The molecule has 0 spiro atoms. The van der Waals surface area contributed by atoms with E-state index in [2.05, 4.69) is 15.3 Å². The first kappa shape index (κ1) is 20.1. The van der Waals surface area contributed by atoms with Crippen LogP contribution in [0.1, 0.15) is 40.3 Å². The number of rotatable bonds is 0. The Hall–Kier alpha value is -2.79. The van der Waals surface area contributed by atoms with Crippen LogP contribution < -0.4 is 11.1 Å². The molecule has 0 radical (unpaired) electrons. The Morgan fingerprint density at radius 3 is 2.97 bits per heavy atom. The molecule has 2 aromatic heterocycles. The Labute approximate surface area is 179 Å². The molecule has 2 aliphatic heterocycles. The Morgan fingerprint density at radius 1 is 1.29 bits per heavy atom. The zero-order valence-electron chi connectivity index (χ0n) is 16.0. The average Bonchev–Trinajstić information content (AvgIpc) is 3.25. The van der Waals surface area contributed by atoms with Crippen LogP contribution >= 0.6 is 11.3 Å². The number of nitrogens with one attached hydrogen (secondary N) is 1. The number of nitrogens with two attached hydrogens (primary N) is 1. The first-order valence-electron chi connectivity index (χ1n) is 9.66. The maximum atomic E-state index is 15.8. The van der Waals surface area contributed by atoms with Crippen LogP contribution in [0, 0.1) is 5.82 Å². The van der Waals surface area contributed by atoms with E-state index < -0.39 is 42.2 Å². The van der Waals surface area contributed by atoms with Gasteiger partial charge in [0.2, 0.25) is 0 Å². The number of carbonyl (C=O) groups excluding carboxylic acids is 1. The van der Waals surface area contributed by atoms with E-state index in [1.54, 1.807) is 6.07 Å². The Morgan fingerprint density at radius 2 is 2.13 bits per heavy atom. The third kappa shape index (κ3) is 3.41. The molecular weight excluding hydrogens is 426 g/mol. The van der Waals surface area contributed by atoms with Gasteiger partial charge in [0.25, 0.3) is 5.91 Å². The van der Waals surface area contributed by atoms with Crippen LogP contribution in [0.3, 0.4) is 0 Å². The Kier molecular flexibility index (Phi) is 5.01. The van der Waals surface area contributed by atoms with Crippen molar-refractivity contribution in [1.29, 1.82) is 0 Å². The standard InChI is InChI=1S/C21H18F2N4O3S/c22-11-3-1-2-10-16(11)21-27-14(8-31-21)20(29)26-13-7-25-5-4-9(13)15-6-12(24)18(28)19(30-15)17(10)23/h1-5,7-8,12,15,17-19,28H,6,24H2,(H,26,29)/t12-,15-,17?,18+,19-/m0/s1. The minimum absolute atomic E-state index is 0.0209. The number of fused-ring (bicyclic) bond motifs is 8. The van der Waals surface area contributed by atoms with Gasteiger partial charge in [0, 0.05) is 28.7 Å². The number of halogens is 2. The van der Waals surface area contributed by atoms with Gasteiger partial charge in [-0.1, -0.05) is 12.1 Å². The third-order valence-corrected chi connectivity index (χ3v) is 6.47. The molecule has 3 aromatic rings. The number of aromatic nitrogens is 2. The summed E-state index contributed by atoms with van der Waals surface area (Å²) < 4.78 is 36.6. The van der Waals surface area contributed by atoms with Crippen molar-refractivity contribution in [2.24, 2.45) is 5.73 Å². The largest absolute Gasteiger partial charge is 0.389 e. The molecule has 5 atom stereocenters. The predicted octanol–water partition coefficient (Wildman–Crippen LogP) is 3.14. The second kappa shape index (κ2) is 7.72. The van der Waals surface area contributed by atoms with Crippen molar-refractivity contribution < 1.29 is 23.4 Å². The van der Waals surface area contributed by atoms with Crippen LogP contribution in [0.25, 0.3) is 10.6 Å². The average molecular weight is 444 g/mol. The minimum Gasteiger partial charge on any atom is -0.389 e. The number of anilines is 1. The summed E-state index contributed by atoms with van der Waals surface area (Å²) in [6, 6.07) is 4.86. The van der Waals surface area contributed by atoms with Crippen LogP contribution in [0.4, 0.5) is 14.5 Å². The number of pyridine rings is 1. The van der Waals surface area contributed by atoms with Gasteiger partial charge in [-0.3, -0.25) is 9.78 Å². The number of hydrogen-bond donors (Lipinski definition) is 3. The molecule has 5 rings (SSSR count). The van der Waals surface area contributed by atoms with Gasteiger partial charge in [0.05, 0.1) is 29.7 Å². The van der Waals surface area contributed by atoms with Gasteiger partial charge in [-0.15, -0.1) is 11.3 Å². The van der Waals surface area contributed by atoms with Crippen molar-refractivity contribution in [1.82, 2.24) is 9.97 Å². The molecule has 10 heteroatoms. The lowest BCUT2D eigenvalue weighted by atomic mass is 9.87. The van der Waals surface area contributed by atoms with Crippen LogP contribution in [-0.2, 0) is 4.74 Å². The summed E-state index contributed by atoms with van der Waals surface area (Å²) in [7, 11) is 0. The molecule has 7 nitrogen and oxygen atoms in total. The van der Waals surface area contributed by atoms with Crippen molar-refractivity contribution in [3.8, 4) is 10.6 Å². The van der Waals surface area contributed by atoms with E-state index in [1.165, 1.54) is 36.0 Å². The topological polar surface area (TPSA) is 110 Å². The molecule has 4 N–H and O–H groups in total. The van der Waals surface area contributed by atoms with E-state index in [0.29, 0.717) is 11.3 Å². The number of thiazole rings is 1. The lowest BCUT2D eigenvalue weighted by molar-refractivity contribution is -0.155. The second-order valence-corrected chi connectivity index (χ2v) is 8.40. The molecule has 4 heterocycles. The molecule has 31 heavy (non-hydrogen) atoms. The highest BCUT2D eigenvalue weighted by molar-refractivity contribution is 7.13. The van der Waals surface area contributed by atoms with E-state index in [1.807, 2.05) is 0 Å². The lowest BCUT2D eigenvalue weighted by Gasteiger charge is -2.40. The predicted molar refractivity (Wildman–Crippen MR) is 110 cm³/mol. The van der Waals surface area contributed by atoms with Crippen LogP contribution in [0.15, 0.2) is 42.0 Å². The summed E-state index contributed by atoms with van der Waals surface area (Å²) in [6.45, 7) is 0. The Balaban J connectivity index is 1.72. The molecule has 2 aliphatic rings. The molecule has 1 aromatic carbocycles. The molecule has 0 saturated carbocycles. The highest BCUT2D eigenvalue weighted by atomic mass is 32.1. The molecular formula is C21H18F2N4O3S. The number of ether oxygens (including phenoxy) is 1. The van der Waals surface area contributed by atoms with E-state index in [-0.39, 0.29) is 28.2 Å². The van der Waals surface area contributed by atoms with Crippen LogP contribution in [-0.4, -0.2) is 39.2 Å². The SMILES string of the molecule is N[C@H]1C[C@@H]2O[C@@H](C(F)c3cccc(F)c3-c3nc(cs3)C(=O)Nc3cnccc32)[C@@H]1O. The number of alkyl halides is 1. The monoisotopic (exact) mass is 444 g/mol. The highest BCUT2D eigenvalue weighted by Gasteiger charge is 2.43. The molecule has 1 unspecified atom stereocenters. The summed E-state index contributed by atoms with van der Waals surface area (Å²) in [5.74, 6) is -1.20. The van der Waals surface area contributed by atoms with E-state index in [4.69, 9.17) is 10.5 Å². The van der Waals surface area contributed by atoms with Crippen molar-refractivity contribution in [3.63, 3.8) is 0 Å². The van der Waals surface area contributed by atoms with Gasteiger partial charge in [0.15, 0.2) is 6.17 Å². The van der Waals surface area contributed by atoms with Crippen LogP contribution in [0.5, 0.6) is 0 Å². The fourth-order valence-corrected chi connectivity index (χ4v) is 4.91. The summed E-state index contributed by atoms with van der Waals surface area (Å²) in [5, 5.41) is 15.0. The lowest BCUT2D eigenvalue weighted by Crippen LogP contribution is -2.51. The normalized spacial score (nSPS) is 27.7. The number of aliphatic hydroxyl groups is 1. The fraction of sp³-hybridized carbons (Fsp3) is 0.286. The first-order valence-corrected chi connectivity index (χ1v) is 10.5. The summed E-state index contributed by atoms with van der Waals surface area (Å²) in [5.41, 5.74) is 7.03. The van der Waals surface area contributed by atoms with E-state index in [0.717, 1.165) is 11.3 Å². The Bertz CT molecular complexity index is 1160. The maximum absolute atomic E-state index is 15.8.